The monoisotopic (exact) mass is 332 g/mol. The second-order valence-electron chi connectivity index (χ2n) is 5.99. The van der Waals surface area contributed by atoms with Crippen LogP contribution in [0.3, 0.4) is 0 Å². The largest absolute Gasteiger partial charge is 0.327 e. The molecule has 1 aromatic carbocycles. The molecule has 7 heteroatoms. The molecule has 2 atom stereocenters. The summed E-state index contributed by atoms with van der Waals surface area (Å²) in [6.45, 7) is 1.45. The van der Waals surface area contributed by atoms with E-state index < -0.39 is 0 Å². The fraction of sp³-hybridized carbons (Fsp3) is 0.438. The number of amides is 2. The van der Waals surface area contributed by atoms with Crippen LogP contribution < -0.4 is 16.4 Å². The molecule has 1 aromatic heterocycles. The van der Waals surface area contributed by atoms with E-state index in [2.05, 4.69) is 15.6 Å². The molecule has 1 aliphatic rings. The quantitative estimate of drug-likeness (QED) is 0.802. The number of hydrogen-bond donors (Lipinski definition) is 3. The van der Waals surface area contributed by atoms with Crippen molar-refractivity contribution in [2.24, 2.45) is 11.7 Å². The summed E-state index contributed by atoms with van der Waals surface area (Å²) in [5.74, 6) is 0.136. The van der Waals surface area contributed by atoms with Crippen molar-refractivity contribution >= 4 is 44.2 Å². The molecule has 1 heterocycles. The highest BCUT2D eigenvalue weighted by atomic mass is 32.1. The zero-order valence-electron chi connectivity index (χ0n) is 13.0. The molecule has 6 nitrogen and oxygen atoms in total. The first-order valence-corrected chi connectivity index (χ1v) is 8.56. The number of anilines is 2. The van der Waals surface area contributed by atoms with Gasteiger partial charge in [-0.15, -0.1) is 0 Å². The van der Waals surface area contributed by atoms with Gasteiger partial charge in [-0.3, -0.25) is 9.59 Å². The summed E-state index contributed by atoms with van der Waals surface area (Å²) in [6.07, 6.45) is 3.62. The summed E-state index contributed by atoms with van der Waals surface area (Å²) >= 11 is 1.39. The van der Waals surface area contributed by atoms with Crippen LogP contribution in [0.4, 0.5) is 10.8 Å². The Morgan fingerprint density at radius 3 is 2.87 bits per heavy atom. The molecule has 1 fully saturated rings. The lowest BCUT2D eigenvalue weighted by atomic mass is 10.00. The molecular formula is C16H20N4O2S. The Kier molecular flexibility index (Phi) is 4.58. The number of fused-ring (bicyclic) bond motifs is 1. The molecule has 3 rings (SSSR count). The van der Waals surface area contributed by atoms with Gasteiger partial charge in [0.25, 0.3) is 0 Å². The number of nitrogens with zero attached hydrogens (tertiary/aromatic N) is 1. The van der Waals surface area contributed by atoms with Crippen molar-refractivity contribution in [3.05, 3.63) is 18.2 Å². The van der Waals surface area contributed by atoms with Gasteiger partial charge in [0, 0.05) is 25.1 Å². The highest BCUT2D eigenvalue weighted by molar-refractivity contribution is 7.22. The summed E-state index contributed by atoms with van der Waals surface area (Å²) < 4.78 is 0.920. The number of nitrogens with one attached hydrogen (secondary N) is 2. The summed E-state index contributed by atoms with van der Waals surface area (Å²) in [5.41, 5.74) is 7.56. The average molecular weight is 332 g/mol. The second-order valence-corrected chi connectivity index (χ2v) is 7.02. The van der Waals surface area contributed by atoms with E-state index in [-0.39, 0.29) is 23.8 Å². The van der Waals surface area contributed by atoms with Gasteiger partial charge in [0.05, 0.1) is 10.2 Å². The number of aromatic nitrogens is 1. The number of nitrogens with two attached hydrogens (primary N) is 1. The Hall–Kier alpha value is -1.99. The predicted molar refractivity (Wildman–Crippen MR) is 92.5 cm³/mol. The van der Waals surface area contributed by atoms with E-state index in [0.29, 0.717) is 11.6 Å². The Bertz CT molecular complexity index is 743. The van der Waals surface area contributed by atoms with E-state index in [0.717, 1.165) is 35.2 Å². The van der Waals surface area contributed by atoms with E-state index in [1.165, 1.54) is 18.3 Å². The average Bonchev–Trinajstić information content (AvgIpc) is 3.04. The molecule has 23 heavy (non-hydrogen) atoms. The topological polar surface area (TPSA) is 97.1 Å². The lowest BCUT2D eigenvalue weighted by molar-refractivity contribution is -0.117. The number of benzene rings is 1. The maximum absolute atomic E-state index is 12.2. The van der Waals surface area contributed by atoms with Crippen LogP contribution >= 0.6 is 11.3 Å². The molecule has 0 spiro atoms. The molecule has 0 bridgehead atoms. The maximum Gasteiger partial charge on any atom is 0.224 e. The van der Waals surface area contributed by atoms with Gasteiger partial charge in [0.2, 0.25) is 11.8 Å². The summed E-state index contributed by atoms with van der Waals surface area (Å²) in [4.78, 5) is 27.6. The first-order chi connectivity index (χ1) is 11.0. The number of carbonyl (C=O) groups is 2. The van der Waals surface area contributed by atoms with E-state index >= 15 is 0 Å². The highest BCUT2D eigenvalue weighted by Gasteiger charge is 2.26. The van der Waals surface area contributed by atoms with Gasteiger partial charge >= 0.3 is 0 Å². The van der Waals surface area contributed by atoms with Crippen LogP contribution in [0.2, 0.25) is 0 Å². The zero-order chi connectivity index (χ0) is 16.4. The molecule has 0 aliphatic heterocycles. The van der Waals surface area contributed by atoms with Gasteiger partial charge in [0.1, 0.15) is 0 Å². The van der Waals surface area contributed by atoms with Crippen molar-refractivity contribution in [3.8, 4) is 0 Å². The summed E-state index contributed by atoms with van der Waals surface area (Å²) in [5, 5.41) is 6.17. The lowest BCUT2D eigenvalue weighted by Gasteiger charge is -2.14. The Labute approximate surface area is 138 Å². The third kappa shape index (κ3) is 3.86. The highest BCUT2D eigenvalue weighted by Crippen LogP contribution is 2.30. The van der Waals surface area contributed by atoms with Gasteiger partial charge in [-0.1, -0.05) is 17.8 Å². The maximum atomic E-state index is 12.2. The Morgan fingerprint density at radius 1 is 1.35 bits per heavy atom. The van der Waals surface area contributed by atoms with E-state index in [4.69, 9.17) is 5.73 Å². The van der Waals surface area contributed by atoms with Crippen molar-refractivity contribution < 1.29 is 9.59 Å². The molecule has 122 valence electrons. The van der Waals surface area contributed by atoms with Crippen LogP contribution in [0.15, 0.2) is 18.2 Å². The standard InChI is InChI=1S/C16H20N4O2S/c1-9(21)18-16-20-13-6-5-11(8-14(13)23-16)19-15(22)7-10-3-2-4-12(10)17/h5-6,8,10,12H,2-4,7,17H2,1H3,(H,19,22)(H,18,20,21)/t10-,12+/m0/s1. The fourth-order valence-corrected chi connectivity index (χ4v) is 3.93. The Balaban J connectivity index is 1.67. The molecule has 2 amide bonds. The van der Waals surface area contributed by atoms with Crippen LogP contribution in [0.25, 0.3) is 10.2 Å². The minimum absolute atomic E-state index is 0.00157. The number of rotatable bonds is 4. The van der Waals surface area contributed by atoms with Crippen LogP contribution in [0, 0.1) is 5.92 Å². The molecule has 2 aromatic rings. The molecule has 0 saturated heterocycles. The third-order valence-electron chi connectivity index (χ3n) is 4.12. The second kappa shape index (κ2) is 6.64. The number of hydrogen-bond acceptors (Lipinski definition) is 5. The smallest absolute Gasteiger partial charge is 0.224 e. The fourth-order valence-electron chi connectivity index (χ4n) is 2.98. The minimum Gasteiger partial charge on any atom is -0.327 e. The lowest BCUT2D eigenvalue weighted by Crippen LogP contribution is -2.28. The Morgan fingerprint density at radius 2 is 2.17 bits per heavy atom. The van der Waals surface area contributed by atoms with Crippen LogP contribution in [0.1, 0.15) is 32.6 Å². The molecule has 1 saturated carbocycles. The van der Waals surface area contributed by atoms with Gasteiger partial charge in [-0.25, -0.2) is 4.98 Å². The third-order valence-corrected chi connectivity index (χ3v) is 5.05. The van der Waals surface area contributed by atoms with E-state index in [9.17, 15) is 9.59 Å². The summed E-state index contributed by atoms with van der Waals surface area (Å²) in [7, 11) is 0. The van der Waals surface area contributed by atoms with E-state index in [1.54, 1.807) is 0 Å². The van der Waals surface area contributed by atoms with E-state index in [1.807, 2.05) is 18.2 Å². The molecule has 0 unspecified atom stereocenters. The first kappa shape index (κ1) is 15.9. The normalized spacial score (nSPS) is 20.6. The van der Waals surface area contributed by atoms with Gasteiger partial charge in [-0.2, -0.15) is 0 Å². The molecular weight excluding hydrogens is 312 g/mol. The number of carbonyl (C=O) groups excluding carboxylic acids is 2. The van der Waals surface area contributed by atoms with Gasteiger partial charge in [-0.05, 0) is 37.0 Å². The molecule has 0 radical (unpaired) electrons. The van der Waals surface area contributed by atoms with Crippen molar-refractivity contribution in [2.75, 3.05) is 10.6 Å². The minimum atomic E-state index is -0.148. The van der Waals surface area contributed by atoms with Crippen molar-refractivity contribution in [1.29, 1.82) is 0 Å². The van der Waals surface area contributed by atoms with Crippen LogP contribution in [-0.4, -0.2) is 22.8 Å². The molecule has 4 N–H and O–H groups in total. The first-order valence-electron chi connectivity index (χ1n) is 7.75. The SMILES string of the molecule is CC(=O)Nc1nc2ccc(NC(=O)C[C@@H]3CCC[C@H]3N)cc2s1. The molecule has 1 aliphatic carbocycles. The van der Waals surface area contributed by atoms with Crippen molar-refractivity contribution in [3.63, 3.8) is 0 Å². The predicted octanol–water partition coefficient (Wildman–Crippen LogP) is 2.71. The summed E-state index contributed by atoms with van der Waals surface area (Å²) in [6, 6.07) is 5.69. The number of thiazole rings is 1. The van der Waals surface area contributed by atoms with Crippen LogP contribution in [0.5, 0.6) is 0 Å². The van der Waals surface area contributed by atoms with Crippen molar-refractivity contribution in [1.82, 2.24) is 4.98 Å². The van der Waals surface area contributed by atoms with Gasteiger partial charge in [0.15, 0.2) is 5.13 Å². The van der Waals surface area contributed by atoms with Crippen LogP contribution in [-0.2, 0) is 9.59 Å². The zero-order valence-corrected chi connectivity index (χ0v) is 13.8. The van der Waals surface area contributed by atoms with Crippen molar-refractivity contribution in [2.45, 2.75) is 38.6 Å². The van der Waals surface area contributed by atoms with Gasteiger partial charge < -0.3 is 16.4 Å².